The number of ether oxygens (including phenoxy) is 1. The fraction of sp³-hybridized carbons (Fsp3) is 0.400. The van der Waals surface area contributed by atoms with E-state index in [9.17, 15) is 20.2 Å². The molecule has 38 heavy (non-hydrogen) atoms. The molecule has 1 saturated heterocycles. The number of aromatic nitrogens is 1. The van der Waals surface area contributed by atoms with Crippen molar-refractivity contribution in [2.45, 2.75) is 45.3 Å². The highest BCUT2D eigenvalue weighted by Crippen LogP contribution is 2.46. The third-order valence-corrected chi connectivity index (χ3v) is 8.57. The van der Waals surface area contributed by atoms with E-state index in [4.69, 9.17) is 16.3 Å². The molecule has 2 atom stereocenters. The summed E-state index contributed by atoms with van der Waals surface area (Å²) >= 11 is 6.11. The first-order valence-electron chi connectivity index (χ1n) is 13.0. The smallest absolute Gasteiger partial charge is 0.335 e. The first-order chi connectivity index (χ1) is 18.1. The Morgan fingerprint density at radius 2 is 2.13 bits per heavy atom. The first kappa shape index (κ1) is 26.5. The Hall–Kier alpha value is -3.13. The highest BCUT2D eigenvalue weighted by molar-refractivity contribution is 6.31. The Morgan fingerprint density at radius 3 is 2.84 bits per heavy atom. The molecule has 1 aliphatic carbocycles. The average molecular weight is 537 g/mol. The second-order valence-electron chi connectivity index (χ2n) is 11.0. The lowest BCUT2D eigenvalue weighted by atomic mass is 9.62. The fourth-order valence-electron chi connectivity index (χ4n) is 6.08. The maximum atomic E-state index is 12.6. The molecule has 2 aliphatic heterocycles. The summed E-state index contributed by atoms with van der Waals surface area (Å²) in [6.45, 7) is 6.64. The lowest BCUT2D eigenvalue weighted by Gasteiger charge is -2.53. The molecule has 3 heterocycles. The van der Waals surface area contributed by atoms with Crippen molar-refractivity contribution in [1.29, 1.82) is 0 Å². The number of rotatable bonds is 5. The third kappa shape index (κ3) is 4.86. The van der Waals surface area contributed by atoms with E-state index in [1.807, 2.05) is 24.3 Å². The minimum absolute atomic E-state index is 0.0329. The van der Waals surface area contributed by atoms with Crippen LogP contribution in [0.25, 0.3) is 5.57 Å². The lowest BCUT2D eigenvalue weighted by Crippen LogP contribution is -2.60. The van der Waals surface area contributed by atoms with Crippen molar-refractivity contribution >= 4 is 23.1 Å². The molecular weight excluding hydrogens is 504 g/mol. The van der Waals surface area contributed by atoms with Gasteiger partial charge in [0.2, 0.25) is 5.69 Å². The van der Waals surface area contributed by atoms with Crippen LogP contribution in [0.15, 0.2) is 65.9 Å². The molecule has 0 amide bonds. The van der Waals surface area contributed by atoms with Crippen molar-refractivity contribution in [2.24, 2.45) is 11.3 Å². The number of halogens is 1. The van der Waals surface area contributed by atoms with Crippen LogP contribution in [0.1, 0.15) is 60.3 Å². The number of likely N-dealkylation sites (tertiary alicyclic amines) is 1. The van der Waals surface area contributed by atoms with Crippen LogP contribution in [0.2, 0.25) is 0 Å². The monoisotopic (exact) mass is 536 g/mol. The van der Waals surface area contributed by atoms with Gasteiger partial charge in [-0.3, -0.25) is 0 Å². The molecule has 1 aromatic heterocycles. The minimum atomic E-state index is -1.02. The SMILES string of the molecule is CC1(C)CN(CC/C=C2/c3cc(C(=O)O)ccc3OCc3c2ccc[n+]3[O-])CC[C@]1(O)C1C=CC(Cl)=CC1. The van der Waals surface area contributed by atoms with Gasteiger partial charge in [-0.05, 0) is 55.2 Å². The number of allylic oxidation sites excluding steroid dienone is 3. The highest BCUT2D eigenvalue weighted by Gasteiger charge is 2.51. The van der Waals surface area contributed by atoms with E-state index in [0.717, 1.165) is 47.0 Å². The standard InChI is InChI=1S/C30H33ClN2O5/c1-29(2)19-32(16-13-30(29,36)21-8-10-22(31)11-9-21)14-3-5-23-24-6-4-15-33(37)26(24)18-38-27-12-7-20(28(34)35)17-25(23)27/h4-8,10-12,15,17,21,36H,3,9,13-14,16,18-19H2,1-2H3,(H,34,35)/b23-5+/t21?,30-/m0/s1. The second kappa shape index (κ2) is 10.2. The number of hydrogen-bond acceptors (Lipinski definition) is 5. The van der Waals surface area contributed by atoms with Crippen LogP contribution in [0, 0.1) is 16.5 Å². The van der Waals surface area contributed by atoms with Crippen LogP contribution >= 0.6 is 11.6 Å². The summed E-state index contributed by atoms with van der Waals surface area (Å²) in [5, 5.41) is 34.6. The number of benzene rings is 1. The van der Waals surface area contributed by atoms with Gasteiger partial charge in [0.25, 0.3) is 0 Å². The van der Waals surface area contributed by atoms with Crippen LogP contribution in [0.5, 0.6) is 5.75 Å². The molecule has 1 fully saturated rings. The molecule has 1 aromatic carbocycles. The molecule has 2 N–H and O–H groups in total. The number of aliphatic hydroxyl groups is 1. The van der Waals surface area contributed by atoms with Gasteiger partial charge >= 0.3 is 5.97 Å². The first-order valence-corrected chi connectivity index (χ1v) is 13.4. The average Bonchev–Trinajstić information content (AvgIpc) is 3.04. The van der Waals surface area contributed by atoms with E-state index < -0.39 is 11.6 Å². The van der Waals surface area contributed by atoms with Crippen molar-refractivity contribution in [2.75, 3.05) is 19.6 Å². The Kier molecular flexibility index (Phi) is 7.11. The molecule has 200 valence electrons. The van der Waals surface area contributed by atoms with Crippen LogP contribution in [-0.4, -0.2) is 46.3 Å². The molecule has 3 aliphatic rings. The second-order valence-corrected chi connectivity index (χ2v) is 11.5. The number of piperidine rings is 1. The molecular formula is C30H33ClN2O5. The van der Waals surface area contributed by atoms with Gasteiger partial charge in [0, 0.05) is 47.6 Å². The predicted molar refractivity (Wildman–Crippen MR) is 146 cm³/mol. The van der Waals surface area contributed by atoms with Gasteiger partial charge in [-0.25, -0.2) is 4.79 Å². The highest BCUT2D eigenvalue weighted by atomic mass is 35.5. The Bertz CT molecular complexity index is 1350. The van der Waals surface area contributed by atoms with Crippen LogP contribution in [0.3, 0.4) is 0 Å². The van der Waals surface area contributed by atoms with Crippen molar-refractivity contribution in [3.05, 3.63) is 93.5 Å². The van der Waals surface area contributed by atoms with Gasteiger partial charge in [0.05, 0.1) is 16.7 Å². The van der Waals surface area contributed by atoms with E-state index in [-0.39, 0.29) is 23.5 Å². The quantitative estimate of drug-likeness (QED) is 0.417. The number of nitrogens with zero attached hydrogens (tertiary/aromatic N) is 2. The van der Waals surface area contributed by atoms with Gasteiger partial charge in [0.15, 0.2) is 12.8 Å². The fourth-order valence-corrected chi connectivity index (χ4v) is 6.24. The summed E-state index contributed by atoms with van der Waals surface area (Å²) in [5.74, 6) is -0.432. The number of carboxylic acids is 1. The zero-order chi connectivity index (χ0) is 27.1. The van der Waals surface area contributed by atoms with Crippen molar-refractivity contribution in [1.82, 2.24) is 4.90 Å². The molecule has 2 aromatic rings. The number of fused-ring (bicyclic) bond motifs is 2. The summed E-state index contributed by atoms with van der Waals surface area (Å²) in [6.07, 6.45) is 11.5. The zero-order valence-electron chi connectivity index (χ0n) is 21.7. The lowest BCUT2D eigenvalue weighted by molar-refractivity contribution is -0.616. The van der Waals surface area contributed by atoms with E-state index >= 15 is 0 Å². The van der Waals surface area contributed by atoms with Gasteiger partial charge in [-0.15, -0.1) is 0 Å². The van der Waals surface area contributed by atoms with E-state index in [0.29, 0.717) is 29.8 Å². The van der Waals surface area contributed by atoms with Gasteiger partial charge in [-0.1, -0.05) is 43.7 Å². The Labute approximate surface area is 227 Å². The van der Waals surface area contributed by atoms with Crippen LogP contribution in [0.4, 0.5) is 0 Å². The largest absolute Gasteiger partial charge is 0.618 e. The topological polar surface area (TPSA) is 96.9 Å². The number of aromatic carboxylic acids is 1. The zero-order valence-corrected chi connectivity index (χ0v) is 22.4. The molecule has 1 unspecified atom stereocenters. The Balaban J connectivity index is 1.38. The van der Waals surface area contributed by atoms with Gasteiger partial charge in [0.1, 0.15) is 5.75 Å². The molecule has 8 heteroatoms. The number of carboxylic acid groups (broad SMARTS) is 1. The van der Waals surface area contributed by atoms with E-state index in [1.54, 1.807) is 18.2 Å². The summed E-state index contributed by atoms with van der Waals surface area (Å²) < 4.78 is 6.73. The van der Waals surface area contributed by atoms with Gasteiger partial charge in [-0.2, -0.15) is 4.73 Å². The summed E-state index contributed by atoms with van der Waals surface area (Å²) in [4.78, 5) is 14.1. The normalized spacial score (nSPS) is 25.6. The van der Waals surface area contributed by atoms with Crippen LogP contribution in [-0.2, 0) is 6.61 Å². The van der Waals surface area contributed by atoms with Crippen molar-refractivity contribution in [3.8, 4) is 5.75 Å². The minimum Gasteiger partial charge on any atom is -0.618 e. The maximum Gasteiger partial charge on any atom is 0.335 e. The summed E-state index contributed by atoms with van der Waals surface area (Å²) in [6, 6.07) is 8.36. The van der Waals surface area contributed by atoms with Crippen LogP contribution < -0.4 is 9.47 Å². The predicted octanol–water partition coefficient (Wildman–Crippen LogP) is 4.89. The molecule has 0 saturated carbocycles. The summed E-state index contributed by atoms with van der Waals surface area (Å²) in [7, 11) is 0. The third-order valence-electron chi connectivity index (χ3n) is 8.29. The number of hydrogen-bond donors (Lipinski definition) is 2. The maximum absolute atomic E-state index is 12.6. The molecule has 0 bridgehead atoms. The Morgan fingerprint density at radius 1 is 1.32 bits per heavy atom. The van der Waals surface area contributed by atoms with Crippen molar-refractivity contribution in [3.63, 3.8) is 0 Å². The van der Waals surface area contributed by atoms with Crippen molar-refractivity contribution < 1.29 is 24.5 Å². The van der Waals surface area contributed by atoms with E-state index in [2.05, 4.69) is 24.8 Å². The van der Waals surface area contributed by atoms with Gasteiger partial charge < -0.3 is 25.1 Å². The van der Waals surface area contributed by atoms with E-state index in [1.165, 1.54) is 12.3 Å². The molecule has 0 radical (unpaired) electrons. The number of pyridine rings is 1. The molecule has 7 nitrogen and oxygen atoms in total. The molecule has 5 rings (SSSR count). The molecule has 0 spiro atoms. The summed E-state index contributed by atoms with van der Waals surface area (Å²) in [5.41, 5.74) is 1.71. The number of carbonyl (C=O) groups is 1.